The fourth-order valence-electron chi connectivity index (χ4n) is 4.64. The number of piperidine rings is 1. The molecule has 6 nitrogen and oxygen atoms in total. The van der Waals surface area contributed by atoms with E-state index in [1.165, 1.54) is 5.56 Å². The number of nitrogens with zero attached hydrogens (tertiary/aromatic N) is 1. The Kier molecular flexibility index (Phi) is 7.06. The fourth-order valence-corrected chi connectivity index (χ4v) is 5.72. The lowest BCUT2D eigenvalue weighted by molar-refractivity contribution is -0.132. The summed E-state index contributed by atoms with van der Waals surface area (Å²) >= 11 is 0. The van der Waals surface area contributed by atoms with Gasteiger partial charge < -0.3 is 4.90 Å². The quantitative estimate of drug-likeness (QED) is 0.651. The number of Topliss-reactive ketones (excluding diaryl/α,β-unsaturated/α-hetero) is 1. The van der Waals surface area contributed by atoms with Crippen molar-refractivity contribution in [1.29, 1.82) is 0 Å². The second-order valence-corrected chi connectivity index (χ2v) is 10.4. The molecule has 0 radical (unpaired) electrons. The number of hydrogen-bond acceptors (Lipinski definition) is 4. The summed E-state index contributed by atoms with van der Waals surface area (Å²) < 4.78 is 27.9. The molecule has 0 spiro atoms. The van der Waals surface area contributed by atoms with Crippen LogP contribution in [0, 0.1) is 5.92 Å². The molecule has 4 rings (SSSR count). The van der Waals surface area contributed by atoms with Gasteiger partial charge in [-0.3, -0.25) is 9.59 Å². The van der Waals surface area contributed by atoms with Gasteiger partial charge in [0.05, 0.1) is 4.90 Å². The van der Waals surface area contributed by atoms with Crippen LogP contribution in [0.5, 0.6) is 0 Å². The lowest BCUT2D eigenvalue weighted by atomic mass is 9.89. The van der Waals surface area contributed by atoms with Crippen LogP contribution in [-0.4, -0.2) is 44.6 Å². The third kappa shape index (κ3) is 5.27. The van der Waals surface area contributed by atoms with Gasteiger partial charge in [-0.05, 0) is 61.8 Å². The first-order chi connectivity index (χ1) is 15.4. The largest absolute Gasteiger partial charge is 0.343 e. The van der Waals surface area contributed by atoms with Crippen molar-refractivity contribution in [1.82, 2.24) is 9.62 Å². The monoisotopic (exact) mass is 454 g/mol. The van der Waals surface area contributed by atoms with E-state index in [-0.39, 0.29) is 35.5 Å². The van der Waals surface area contributed by atoms with Crippen molar-refractivity contribution in [3.8, 4) is 0 Å². The van der Waals surface area contributed by atoms with E-state index in [0.29, 0.717) is 31.5 Å². The minimum Gasteiger partial charge on any atom is -0.343 e. The highest BCUT2D eigenvalue weighted by molar-refractivity contribution is 7.89. The molecule has 1 fully saturated rings. The van der Waals surface area contributed by atoms with E-state index in [0.717, 1.165) is 31.2 Å². The van der Waals surface area contributed by atoms with Crippen LogP contribution in [0.4, 0.5) is 0 Å². The van der Waals surface area contributed by atoms with E-state index in [1.807, 2.05) is 36.4 Å². The van der Waals surface area contributed by atoms with Gasteiger partial charge in [0.15, 0.2) is 5.78 Å². The number of benzene rings is 2. The van der Waals surface area contributed by atoms with Gasteiger partial charge in [0.25, 0.3) is 0 Å². The van der Waals surface area contributed by atoms with E-state index in [9.17, 15) is 18.0 Å². The van der Waals surface area contributed by atoms with E-state index in [1.54, 1.807) is 17.0 Å². The van der Waals surface area contributed by atoms with Crippen LogP contribution in [-0.2, 0) is 27.7 Å². The SMILES string of the molecule is O=C(c1ccccc1)C1CCN(C(=O)CCNS(=O)(=O)c2ccc3c(c2)CCCC3)CC1. The molecule has 32 heavy (non-hydrogen) atoms. The third-order valence-corrected chi connectivity index (χ3v) is 8.00. The normalized spacial score (nSPS) is 17.1. The average molecular weight is 455 g/mol. The summed E-state index contributed by atoms with van der Waals surface area (Å²) in [6.07, 6.45) is 5.55. The van der Waals surface area contributed by atoms with Crippen LogP contribution in [0.25, 0.3) is 0 Å². The van der Waals surface area contributed by atoms with E-state index < -0.39 is 10.0 Å². The van der Waals surface area contributed by atoms with E-state index in [4.69, 9.17) is 0 Å². The van der Waals surface area contributed by atoms with Crippen LogP contribution in [0.1, 0.15) is 53.6 Å². The number of sulfonamides is 1. The summed E-state index contributed by atoms with van der Waals surface area (Å²) in [5.74, 6) is -0.0109. The summed E-state index contributed by atoms with van der Waals surface area (Å²) in [6, 6.07) is 14.6. The molecule has 1 N–H and O–H groups in total. The molecule has 1 saturated heterocycles. The number of ketones is 1. The van der Waals surface area contributed by atoms with Gasteiger partial charge in [0, 0.05) is 37.5 Å². The molecule has 1 aliphatic heterocycles. The smallest absolute Gasteiger partial charge is 0.240 e. The highest BCUT2D eigenvalue weighted by Gasteiger charge is 2.28. The summed E-state index contributed by atoms with van der Waals surface area (Å²) in [5, 5.41) is 0. The Labute approximate surface area is 190 Å². The first kappa shape index (κ1) is 22.7. The molecule has 2 aliphatic rings. The number of likely N-dealkylation sites (tertiary alicyclic amines) is 1. The second-order valence-electron chi connectivity index (χ2n) is 8.67. The van der Waals surface area contributed by atoms with Crippen molar-refractivity contribution in [2.75, 3.05) is 19.6 Å². The molecule has 0 aromatic heterocycles. The summed E-state index contributed by atoms with van der Waals surface area (Å²) in [7, 11) is -3.64. The lowest BCUT2D eigenvalue weighted by Crippen LogP contribution is -2.41. The Balaban J connectivity index is 1.25. The van der Waals surface area contributed by atoms with Crippen molar-refractivity contribution < 1.29 is 18.0 Å². The number of carbonyl (C=O) groups excluding carboxylic acids is 2. The first-order valence-electron chi connectivity index (χ1n) is 11.4. The second kappa shape index (κ2) is 9.96. The van der Waals surface area contributed by atoms with Gasteiger partial charge in [-0.25, -0.2) is 13.1 Å². The number of carbonyl (C=O) groups is 2. The topological polar surface area (TPSA) is 83.6 Å². The predicted molar refractivity (Wildman–Crippen MR) is 123 cm³/mol. The number of amides is 1. The fraction of sp³-hybridized carbons (Fsp3) is 0.440. The molecular formula is C25H30N2O4S. The molecule has 1 amide bonds. The van der Waals surface area contributed by atoms with Gasteiger partial charge >= 0.3 is 0 Å². The zero-order valence-electron chi connectivity index (χ0n) is 18.3. The summed E-state index contributed by atoms with van der Waals surface area (Å²) in [6.45, 7) is 1.13. The number of fused-ring (bicyclic) bond motifs is 1. The third-order valence-electron chi connectivity index (χ3n) is 6.54. The molecule has 1 aliphatic carbocycles. The maximum Gasteiger partial charge on any atom is 0.240 e. The molecule has 7 heteroatoms. The Morgan fingerprint density at radius 1 is 0.938 bits per heavy atom. The minimum absolute atomic E-state index is 0.0658. The highest BCUT2D eigenvalue weighted by Crippen LogP contribution is 2.24. The molecule has 2 aromatic carbocycles. The Bertz CT molecular complexity index is 1070. The first-order valence-corrected chi connectivity index (χ1v) is 12.9. The zero-order chi connectivity index (χ0) is 22.6. The number of rotatable bonds is 7. The highest BCUT2D eigenvalue weighted by atomic mass is 32.2. The molecule has 2 aromatic rings. The Morgan fingerprint density at radius 3 is 2.34 bits per heavy atom. The van der Waals surface area contributed by atoms with Crippen molar-refractivity contribution in [3.63, 3.8) is 0 Å². The van der Waals surface area contributed by atoms with Crippen LogP contribution >= 0.6 is 0 Å². The zero-order valence-corrected chi connectivity index (χ0v) is 19.1. The minimum atomic E-state index is -3.64. The van der Waals surface area contributed by atoms with Gasteiger partial charge in [0.2, 0.25) is 15.9 Å². The van der Waals surface area contributed by atoms with E-state index in [2.05, 4.69) is 4.72 Å². The summed E-state index contributed by atoms with van der Waals surface area (Å²) in [4.78, 5) is 27.2. The number of aryl methyl sites for hydroxylation is 2. The van der Waals surface area contributed by atoms with Crippen molar-refractivity contribution in [2.45, 2.75) is 49.8 Å². The van der Waals surface area contributed by atoms with Crippen LogP contribution in [0.2, 0.25) is 0 Å². The molecule has 1 heterocycles. The van der Waals surface area contributed by atoms with Crippen molar-refractivity contribution >= 4 is 21.7 Å². The van der Waals surface area contributed by atoms with Gasteiger partial charge in [-0.2, -0.15) is 0 Å². The van der Waals surface area contributed by atoms with E-state index >= 15 is 0 Å². The van der Waals surface area contributed by atoms with Crippen molar-refractivity contribution in [3.05, 3.63) is 65.2 Å². The van der Waals surface area contributed by atoms with Gasteiger partial charge in [-0.15, -0.1) is 0 Å². The number of nitrogens with one attached hydrogen (secondary N) is 1. The molecule has 0 atom stereocenters. The molecule has 0 saturated carbocycles. The van der Waals surface area contributed by atoms with Crippen LogP contribution < -0.4 is 4.72 Å². The molecule has 170 valence electrons. The molecular weight excluding hydrogens is 424 g/mol. The molecule has 0 bridgehead atoms. The Morgan fingerprint density at radius 2 is 1.62 bits per heavy atom. The molecule has 0 unspecified atom stereocenters. The summed E-state index contributed by atoms with van der Waals surface area (Å²) in [5.41, 5.74) is 3.07. The van der Waals surface area contributed by atoms with Gasteiger partial charge in [0.1, 0.15) is 0 Å². The van der Waals surface area contributed by atoms with Gasteiger partial charge in [-0.1, -0.05) is 36.4 Å². The predicted octanol–water partition coefficient (Wildman–Crippen LogP) is 3.36. The maximum absolute atomic E-state index is 12.7. The lowest BCUT2D eigenvalue weighted by Gasteiger charge is -2.31. The Hall–Kier alpha value is -2.51. The van der Waals surface area contributed by atoms with Crippen molar-refractivity contribution in [2.24, 2.45) is 5.92 Å². The average Bonchev–Trinajstić information content (AvgIpc) is 2.83. The maximum atomic E-state index is 12.7. The number of hydrogen-bond donors (Lipinski definition) is 1. The van der Waals surface area contributed by atoms with Crippen LogP contribution in [0.15, 0.2) is 53.4 Å². The standard InChI is InChI=1S/C25H30N2O4S/c28-24(27-16-13-21(14-17-27)25(29)20-7-2-1-3-8-20)12-15-26-32(30,31)23-11-10-19-6-4-5-9-22(19)18-23/h1-3,7-8,10-11,18,21,26H,4-6,9,12-17H2. The van der Waals surface area contributed by atoms with Crippen LogP contribution in [0.3, 0.4) is 0 Å².